The van der Waals surface area contributed by atoms with Gasteiger partial charge in [0, 0.05) is 30.0 Å². The average Bonchev–Trinajstić information content (AvgIpc) is 4.14. The molecule has 2 aliphatic heterocycles. The second-order valence-corrected chi connectivity index (χ2v) is 19.6. The summed E-state index contributed by atoms with van der Waals surface area (Å²) in [5.74, 6) is 5.22. The van der Waals surface area contributed by atoms with Gasteiger partial charge in [0.25, 0.3) is 0 Å². The van der Waals surface area contributed by atoms with Crippen LogP contribution < -0.4 is 28.4 Å². The predicted molar refractivity (Wildman–Crippen MR) is 305 cm³/mol. The van der Waals surface area contributed by atoms with Gasteiger partial charge in [-0.3, -0.25) is 9.80 Å². The van der Waals surface area contributed by atoms with Gasteiger partial charge in [-0.05, 0) is 161 Å². The van der Waals surface area contributed by atoms with Crippen LogP contribution in [-0.2, 0) is 17.6 Å². The topological polar surface area (TPSA) is 185 Å². The summed E-state index contributed by atoms with van der Waals surface area (Å²) in [7, 11) is 3.15. The quantitative estimate of drug-likeness (QED) is 0.0849. The summed E-state index contributed by atoms with van der Waals surface area (Å²) in [6.45, 7) is 6.72. The first-order valence-electron chi connectivity index (χ1n) is 27.1. The molecule has 8 aromatic rings. The minimum Gasteiger partial charge on any atom is -0.497 e. The molecular formula is C65H66N4O12. The summed E-state index contributed by atoms with van der Waals surface area (Å²) in [6, 6.07) is 46.9. The lowest BCUT2D eigenvalue weighted by molar-refractivity contribution is -0.144. The van der Waals surface area contributed by atoms with Crippen molar-refractivity contribution in [1.82, 2.24) is 19.8 Å². The molecular weight excluding hydrogens is 1030 g/mol. The number of carboxylic acid groups (broad SMARTS) is 1. The van der Waals surface area contributed by atoms with Crippen LogP contribution in [0.2, 0.25) is 0 Å². The highest BCUT2D eigenvalue weighted by molar-refractivity contribution is 5.82. The predicted octanol–water partition coefficient (Wildman–Crippen LogP) is 14.0. The number of nitrogens with zero attached hydrogens (tertiary/aromatic N) is 4. The highest BCUT2D eigenvalue weighted by Crippen LogP contribution is 2.37. The van der Waals surface area contributed by atoms with Crippen LogP contribution in [0.4, 0.5) is 9.59 Å². The maximum Gasteiger partial charge on any atom is 0.416 e. The van der Waals surface area contributed by atoms with Crippen LogP contribution in [0.25, 0.3) is 22.9 Å². The highest BCUT2D eigenvalue weighted by atomic mass is 16.6. The minimum atomic E-state index is -1.06. The van der Waals surface area contributed by atoms with Crippen molar-refractivity contribution in [3.8, 4) is 57.4 Å². The Morgan fingerprint density at radius 2 is 1.04 bits per heavy atom. The van der Waals surface area contributed by atoms with Crippen LogP contribution in [0.5, 0.6) is 34.5 Å². The Morgan fingerprint density at radius 3 is 1.57 bits per heavy atom. The zero-order chi connectivity index (χ0) is 56.7. The number of oxazole rings is 2. The molecule has 4 atom stereocenters. The molecule has 2 aliphatic rings. The Kier molecular flexibility index (Phi) is 18.8. The molecule has 4 heterocycles. The molecule has 0 unspecified atom stereocenters. The summed E-state index contributed by atoms with van der Waals surface area (Å²) < 4.78 is 45.5. The van der Waals surface area contributed by atoms with Crippen molar-refractivity contribution in [3.63, 3.8) is 0 Å². The van der Waals surface area contributed by atoms with E-state index >= 15 is 0 Å². The van der Waals surface area contributed by atoms with E-state index in [4.69, 9.17) is 37.3 Å². The average molecular weight is 1100 g/mol. The Morgan fingerprint density at radius 1 is 0.543 bits per heavy atom. The number of amides is 2. The van der Waals surface area contributed by atoms with Crippen molar-refractivity contribution < 1.29 is 56.7 Å². The Balaban J connectivity index is 0.000000196. The summed E-state index contributed by atoms with van der Waals surface area (Å²) in [4.78, 5) is 51.2. The molecule has 0 saturated carbocycles. The smallest absolute Gasteiger partial charge is 0.416 e. The van der Waals surface area contributed by atoms with E-state index in [0.29, 0.717) is 92.3 Å². The molecule has 6 aromatic carbocycles. The molecule has 10 rings (SSSR count). The lowest BCUT2D eigenvalue weighted by atomic mass is 9.91. The number of rotatable bonds is 17. The van der Waals surface area contributed by atoms with Gasteiger partial charge in [0.2, 0.25) is 11.8 Å². The van der Waals surface area contributed by atoms with Gasteiger partial charge in [0.1, 0.15) is 52.1 Å². The number of benzene rings is 6. The SMILES string of the molecule is COc1ccc(OC(=O)N2[C@@H](c3ccc(OCCc4nc(-c5ccccc5)oc4C)cc3)CCC[C@H]2C(=O)O)cc1.COc1ccc(OC(=O)N2[C@H](C)CC=CC[C@H]2c2cccc(OCCc3nc(-c4ccccc4)oc3C)c2)cc1. The second-order valence-electron chi connectivity index (χ2n) is 19.6. The maximum absolute atomic E-state index is 13.4. The molecule has 2 amide bonds. The van der Waals surface area contributed by atoms with Crippen molar-refractivity contribution in [2.75, 3.05) is 27.4 Å². The number of piperidine rings is 1. The van der Waals surface area contributed by atoms with Crippen molar-refractivity contribution >= 4 is 18.2 Å². The zero-order valence-corrected chi connectivity index (χ0v) is 46.1. The molecule has 0 spiro atoms. The van der Waals surface area contributed by atoms with E-state index < -0.39 is 24.1 Å². The molecule has 0 aliphatic carbocycles. The number of hydrogen-bond donors (Lipinski definition) is 1. The fourth-order valence-electron chi connectivity index (χ4n) is 9.93. The van der Waals surface area contributed by atoms with Crippen molar-refractivity contribution in [2.45, 2.75) is 89.9 Å². The Labute approximate surface area is 471 Å². The summed E-state index contributed by atoms with van der Waals surface area (Å²) in [5.41, 5.74) is 5.40. The molecule has 1 saturated heterocycles. The zero-order valence-electron chi connectivity index (χ0n) is 46.1. The van der Waals surface area contributed by atoms with Crippen LogP contribution in [0.15, 0.2) is 179 Å². The molecule has 16 heteroatoms. The van der Waals surface area contributed by atoms with E-state index in [1.165, 1.54) is 4.90 Å². The van der Waals surface area contributed by atoms with Gasteiger partial charge in [-0.1, -0.05) is 72.8 Å². The number of aryl methyl sites for hydroxylation is 2. The third-order valence-electron chi connectivity index (χ3n) is 14.2. The number of likely N-dealkylation sites (tertiary alicyclic amines) is 1. The Hall–Kier alpha value is -9.31. The number of ether oxygens (including phenoxy) is 6. The van der Waals surface area contributed by atoms with Gasteiger partial charge < -0.3 is 42.4 Å². The van der Waals surface area contributed by atoms with Gasteiger partial charge in [-0.15, -0.1) is 0 Å². The largest absolute Gasteiger partial charge is 0.497 e. The molecule has 0 radical (unpaired) electrons. The number of aliphatic carboxylic acids is 1. The lowest BCUT2D eigenvalue weighted by Crippen LogP contribution is -2.50. The first-order valence-corrected chi connectivity index (χ1v) is 27.1. The fraction of sp³-hybridized carbons (Fsp3) is 0.277. The van der Waals surface area contributed by atoms with Crippen LogP contribution in [0.1, 0.15) is 85.1 Å². The third kappa shape index (κ3) is 14.5. The van der Waals surface area contributed by atoms with Gasteiger partial charge in [-0.2, -0.15) is 0 Å². The van der Waals surface area contributed by atoms with E-state index in [-0.39, 0.29) is 18.2 Å². The number of hydrogen-bond acceptors (Lipinski definition) is 13. The van der Waals surface area contributed by atoms with Gasteiger partial charge >= 0.3 is 18.2 Å². The molecule has 16 nitrogen and oxygen atoms in total. The number of carboxylic acids is 1. The van der Waals surface area contributed by atoms with Gasteiger partial charge in [0.15, 0.2) is 0 Å². The van der Waals surface area contributed by atoms with Crippen LogP contribution in [0.3, 0.4) is 0 Å². The van der Waals surface area contributed by atoms with E-state index in [2.05, 4.69) is 22.1 Å². The first kappa shape index (κ1) is 56.4. The molecule has 81 heavy (non-hydrogen) atoms. The number of methoxy groups -OCH3 is 2. The normalized spacial score (nSPS) is 16.8. The van der Waals surface area contributed by atoms with Crippen molar-refractivity contribution in [3.05, 3.63) is 204 Å². The van der Waals surface area contributed by atoms with Crippen molar-refractivity contribution in [2.24, 2.45) is 0 Å². The van der Waals surface area contributed by atoms with Crippen LogP contribution in [-0.4, -0.2) is 82.5 Å². The second kappa shape index (κ2) is 27.0. The molecule has 418 valence electrons. The molecule has 2 aromatic heterocycles. The van der Waals surface area contributed by atoms with Gasteiger partial charge in [0.05, 0.1) is 50.9 Å². The van der Waals surface area contributed by atoms with Crippen LogP contribution in [0, 0.1) is 13.8 Å². The summed E-state index contributed by atoms with van der Waals surface area (Å²) >= 11 is 0. The van der Waals surface area contributed by atoms with Gasteiger partial charge in [-0.25, -0.2) is 24.4 Å². The fourth-order valence-corrected chi connectivity index (χ4v) is 9.93. The molecule has 1 N–H and O–H groups in total. The number of carbonyl (C=O) groups is 3. The number of aromatic nitrogens is 2. The van der Waals surface area contributed by atoms with E-state index in [1.807, 2.05) is 135 Å². The third-order valence-corrected chi connectivity index (χ3v) is 14.2. The van der Waals surface area contributed by atoms with Crippen molar-refractivity contribution in [1.29, 1.82) is 0 Å². The summed E-state index contributed by atoms with van der Waals surface area (Å²) in [6.07, 6.45) is 7.48. The first-order chi connectivity index (χ1) is 39.4. The number of carbonyl (C=O) groups excluding carboxylic acids is 2. The highest BCUT2D eigenvalue weighted by Gasteiger charge is 2.40. The minimum absolute atomic E-state index is 0.0342. The van der Waals surface area contributed by atoms with E-state index in [9.17, 15) is 19.5 Å². The maximum atomic E-state index is 13.4. The van der Waals surface area contributed by atoms with E-state index in [0.717, 1.165) is 57.3 Å². The molecule has 1 fully saturated rings. The Bertz CT molecular complexity index is 3360. The standard InChI is InChI=1S/C33H34N2O5.C32H32N2O7/c1-23-10-7-8-15-31(35(23)33(36)40-28-18-16-27(37-3)17-19-28)26-13-9-14-29(22-26)38-21-20-30-24(2)39-32(34-30)25-11-5-4-6-12-25;1-21-27(33-30(40-21)23-7-4-3-5-8-23)19-20-39-25-13-11-22(12-14-25)28-9-6-10-29(31(35)36)34(28)32(37)41-26-17-15-24(38-2)16-18-26/h4-9,11-14,16-19,22-23,31H,10,15,20-21H2,1-3H3;3-5,7-8,11-18,28-29H,6,9-10,19-20H2,1-2H3,(H,35,36)/t23-,31+;28-,29+/m11/s1. The molecule has 0 bridgehead atoms. The lowest BCUT2D eigenvalue weighted by Gasteiger charge is -2.39. The van der Waals surface area contributed by atoms with E-state index in [1.54, 1.807) is 62.8 Å². The summed E-state index contributed by atoms with van der Waals surface area (Å²) in [5, 5.41) is 9.88. The van der Waals surface area contributed by atoms with Crippen LogP contribution >= 0.6 is 0 Å². The monoisotopic (exact) mass is 1090 g/mol.